The van der Waals surface area contributed by atoms with Crippen molar-refractivity contribution in [2.24, 2.45) is 0 Å². The molecule has 0 radical (unpaired) electrons. The maximum absolute atomic E-state index is 14.5. The lowest BCUT2D eigenvalue weighted by Crippen LogP contribution is -2.22. The number of hydrogen-bond acceptors (Lipinski definition) is 2. The molecule has 0 unspecified atom stereocenters. The van der Waals surface area contributed by atoms with Gasteiger partial charge in [0.15, 0.2) is 0 Å². The maximum Gasteiger partial charge on any atom is 0.147 e. The largest absolute Gasteiger partial charge is 0.303 e. The van der Waals surface area contributed by atoms with E-state index in [4.69, 9.17) is 0 Å². The number of halogens is 1. The number of nitrogens with one attached hydrogen (secondary N) is 1. The summed E-state index contributed by atoms with van der Waals surface area (Å²) in [6, 6.07) is 25.9. The number of aromatic nitrogens is 2. The minimum absolute atomic E-state index is 0.0452. The smallest absolute Gasteiger partial charge is 0.147 e. The Kier molecular flexibility index (Phi) is 5.08. The highest BCUT2D eigenvalue weighted by atomic mass is 19.1. The van der Waals surface area contributed by atoms with Crippen LogP contribution in [0.5, 0.6) is 0 Å². The first-order valence-corrected chi connectivity index (χ1v) is 8.91. The van der Waals surface area contributed by atoms with Crippen LogP contribution >= 0.6 is 0 Å². The highest BCUT2D eigenvalue weighted by Crippen LogP contribution is 2.23. The first-order chi connectivity index (χ1) is 13.3. The summed E-state index contributed by atoms with van der Waals surface area (Å²) in [5, 5.41) is 3.56. The summed E-state index contributed by atoms with van der Waals surface area (Å²) in [5.74, 6) is -0.261. The Morgan fingerprint density at radius 1 is 0.889 bits per heavy atom. The Hall–Kier alpha value is -3.24. The van der Waals surface area contributed by atoms with Gasteiger partial charge in [-0.3, -0.25) is 0 Å². The topological polar surface area (TPSA) is 29.9 Å². The SMILES string of the molecule is Fc1cc(CNC(c2ccccc2)c2ccccc2)ccc1-n1ccnc1. The second kappa shape index (κ2) is 7.98. The third kappa shape index (κ3) is 3.96. The van der Waals surface area contributed by atoms with Crippen molar-refractivity contribution in [1.29, 1.82) is 0 Å². The van der Waals surface area contributed by atoms with E-state index in [0.29, 0.717) is 12.2 Å². The van der Waals surface area contributed by atoms with Crippen LogP contribution in [0.4, 0.5) is 4.39 Å². The van der Waals surface area contributed by atoms with Crippen LogP contribution in [0.15, 0.2) is 97.6 Å². The molecule has 1 aromatic heterocycles. The van der Waals surface area contributed by atoms with Gasteiger partial charge in [0.25, 0.3) is 0 Å². The normalized spacial score (nSPS) is 11.0. The summed E-state index contributed by atoms with van der Waals surface area (Å²) < 4.78 is 16.2. The summed E-state index contributed by atoms with van der Waals surface area (Å²) in [6.07, 6.45) is 4.97. The summed E-state index contributed by atoms with van der Waals surface area (Å²) in [6.45, 7) is 0.565. The van der Waals surface area contributed by atoms with Gasteiger partial charge in [-0.15, -0.1) is 0 Å². The molecule has 4 rings (SSSR count). The third-order valence-electron chi connectivity index (χ3n) is 4.57. The second-order valence-corrected chi connectivity index (χ2v) is 6.39. The van der Waals surface area contributed by atoms with E-state index in [1.54, 1.807) is 35.4 Å². The fraction of sp³-hybridized carbons (Fsp3) is 0.0870. The summed E-state index contributed by atoms with van der Waals surface area (Å²) in [7, 11) is 0. The van der Waals surface area contributed by atoms with Gasteiger partial charge in [-0.25, -0.2) is 9.37 Å². The number of rotatable bonds is 6. The molecule has 0 saturated heterocycles. The van der Waals surface area contributed by atoms with Gasteiger partial charge in [0.2, 0.25) is 0 Å². The quantitative estimate of drug-likeness (QED) is 0.532. The first-order valence-electron chi connectivity index (χ1n) is 8.91. The molecule has 4 heteroatoms. The molecular formula is C23H20FN3. The molecule has 0 bridgehead atoms. The van der Waals surface area contributed by atoms with Crippen LogP contribution in [-0.2, 0) is 6.54 Å². The molecule has 27 heavy (non-hydrogen) atoms. The number of benzene rings is 3. The fourth-order valence-electron chi connectivity index (χ4n) is 3.21. The van der Waals surface area contributed by atoms with Crippen molar-refractivity contribution in [3.8, 4) is 5.69 Å². The van der Waals surface area contributed by atoms with Crippen molar-refractivity contribution in [1.82, 2.24) is 14.9 Å². The highest BCUT2D eigenvalue weighted by molar-refractivity contribution is 5.37. The van der Waals surface area contributed by atoms with Gasteiger partial charge in [0.05, 0.1) is 18.1 Å². The van der Waals surface area contributed by atoms with Gasteiger partial charge in [0, 0.05) is 18.9 Å². The van der Waals surface area contributed by atoms with Crippen molar-refractivity contribution in [3.05, 3.63) is 120 Å². The Labute approximate surface area is 158 Å². The van der Waals surface area contributed by atoms with E-state index in [1.807, 2.05) is 42.5 Å². The van der Waals surface area contributed by atoms with E-state index in [-0.39, 0.29) is 11.9 Å². The second-order valence-electron chi connectivity index (χ2n) is 6.39. The predicted octanol–water partition coefficient (Wildman–Crippen LogP) is 4.89. The lowest BCUT2D eigenvalue weighted by atomic mass is 9.98. The van der Waals surface area contributed by atoms with E-state index in [1.165, 1.54) is 11.1 Å². The Morgan fingerprint density at radius 3 is 2.11 bits per heavy atom. The molecule has 0 saturated carbocycles. The van der Waals surface area contributed by atoms with Crippen molar-refractivity contribution in [2.75, 3.05) is 0 Å². The molecule has 0 aliphatic carbocycles. The predicted molar refractivity (Wildman–Crippen MR) is 105 cm³/mol. The molecule has 0 spiro atoms. The molecule has 0 fully saturated rings. The number of imidazole rings is 1. The fourth-order valence-corrected chi connectivity index (χ4v) is 3.21. The molecule has 1 N–H and O–H groups in total. The lowest BCUT2D eigenvalue weighted by Gasteiger charge is -2.20. The molecule has 4 aromatic rings. The lowest BCUT2D eigenvalue weighted by molar-refractivity contribution is 0.591. The van der Waals surface area contributed by atoms with Crippen molar-refractivity contribution in [3.63, 3.8) is 0 Å². The van der Waals surface area contributed by atoms with E-state index >= 15 is 0 Å². The maximum atomic E-state index is 14.5. The summed E-state index contributed by atoms with van der Waals surface area (Å²) in [4.78, 5) is 3.97. The molecule has 3 aromatic carbocycles. The highest BCUT2D eigenvalue weighted by Gasteiger charge is 2.13. The third-order valence-corrected chi connectivity index (χ3v) is 4.57. The van der Waals surface area contributed by atoms with Crippen LogP contribution in [-0.4, -0.2) is 9.55 Å². The monoisotopic (exact) mass is 357 g/mol. The molecule has 1 heterocycles. The van der Waals surface area contributed by atoms with E-state index in [0.717, 1.165) is 5.56 Å². The van der Waals surface area contributed by atoms with Gasteiger partial charge < -0.3 is 9.88 Å². The van der Waals surface area contributed by atoms with Crippen LogP contribution in [0.3, 0.4) is 0 Å². The van der Waals surface area contributed by atoms with Crippen LogP contribution in [0.25, 0.3) is 5.69 Å². The van der Waals surface area contributed by atoms with Crippen LogP contribution < -0.4 is 5.32 Å². The molecule has 0 amide bonds. The average Bonchev–Trinajstić information content (AvgIpc) is 3.24. The number of hydrogen-bond donors (Lipinski definition) is 1. The van der Waals surface area contributed by atoms with E-state index in [9.17, 15) is 4.39 Å². The summed E-state index contributed by atoms with van der Waals surface area (Å²) in [5.41, 5.74) is 3.76. The zero-order valence-corrected chi connectivity index (χ0v) is 14.8. The zero-order chi connectivity index (χ0) is 18.5. The van der Waals surface area contributed by atoms with Gasteiger partial charge in [-0.05, 0) is 28.8 Å². The Morgan fingerprint density at radius 2 is 1.56 bits per heavy atom. The Balaban J connectivity index is 1.55. The summed E-state index contributed by atoms with van der Waals surface area (Å²) >= 11 is 0. The minimum Gasteiger partial charge on any atom is -0.303 e. The van der Waals surface area contributed by atoms with Crippen LogP contribution in [0, 0.1) is 5.82 Å². The van der Waals surface area contributed by atoms with Crippen molar-refractivity contribution < 1.29 is 4.39 Å². The van der Waals surface area contributed by atoms with Gasteiger partial charge in [0.1, 0.15) is 5.82 Å². The molecule has 3 nitrogen and oxygen atoms in total. The Bertz CT molecular complexity index is 943. The average molecular weight is 357 g/mol. The van der Waals surface area contributed by atoms with Crippen LogP contribution in [0.2, 0.25) is 0 Å². The number of nitrogens with zero attached hydrogens (tertiary/aromatic N) is 2. The molecule has 0 atom stereocenters. The molecule has 134 valence electrons. The van der Waals surface area contributed by atoms with Crippen LogP contribution in [0.1, 0.15) is 22.7 Å². The molecule has 0 aliphatic heterocycles. The minimum atomic E-state index is -0.261. The zero-order valence-electron chi connectivity index (χ0n) is 14.8. The molecule has 0 aliphatic rings. The van der Waals surface area contributed by atoms with E-state index in [2.05, 4.69) is 34.6 Å². The van der Waals surface area contributed by atoms with Crippen molar-refractivity contribution >= 4 is 0 Å². The van der Waals surface area contributed by atoms with Gasteiger partial charge in [-0.2, -0.15) is 0 Å². The van der Waals surface area contributed by atoms with E-state index < -0.39 is 0 Å². The first kappa shape index (κ1) is 17.2. The van der Waals surface area contributed by atoms with Crippen molar-refractivity contribution in [2.45, 2.75) is 12.6 Å². The van der Waals surface area contributed by atoms with Gasteiger partial charge in [-0.1, -0.05) is 66.7 Å². The standard InChI is InChI=1S/C23H20FN3/c24-21-15-18(11-12-22(21)27-14-13-25-17-27)16-26-23(19-7-3-1-4-8-19)20-9-5-2-6-10-20/h1-15,17,23,26H,16H2. The molecular weight excluding hydrogens is 337 g/mol. The van der Waals surface area contributed by atoms with Gasteiger partial charge >= 0.3 is 0 Å².